The maximum absolute atomic E-state index is 12.2. The lowest BCUT2D eigenvalue weighted by Gasteiger charge is -2.59. The summed E-state index contributed by atoms with van der Waals surface area (Å²) in [5, 5.41) is 0. The molecule has 7 atom stereocenters. The lowest BCUT2D eigenvalue weighted by Crippen LogP contribution is -2.55. The standard InChI is InChI=1S/C21H31O6P/c1-12(22)16-6-7-17-15-5-4-13-10-14(23)11-19(27-28(24,25)26)21(13,3)18(15)8-9-20(16,17)2/h10,15-19H,4-9,11H2,1-3H3,(H2,24,25,26)/t15-,16+,17-,18-,19?,20+,21-/m0/s1. The third kappa shape index (κ3) is 2.99. The average molecular weight is 410 g/mol. The minimum atomic E-state index is -4.70. The maximum Gasteiger partial charge on any atom is 0.469 e. The van der Waals surface area contributed by atoms with E-state index in [9.17, 15) is 23.9 Å². The number of fused-ring (bicyclic) bond motifs is 5. The zero-order valence-corrected chi connectivity index (χ0v) is 17.8. The molecule has 0 heterocycles. The summed E-state index contributed by atoms with van der Waals surface area (Å²) in [5.41, 5.74) is 0.482. The normalized spacial score (nSPS) is 45.7. The number of ketones is 2. The van der Waals surface area contributed by atoms with Crippen molar-refractivity contribution in [2.45, 2.75) is 71.8 Å². The van der Waals surface area contributed by atoms with Crippen LogP contribution in [0.2, 0.25) is 0 Å². The Balaban J connectivity index is 1.71. The summed E-state index contributed by atoms with van der Waals surface area (Å²) >= 11 is 0. The maximum atomic E-state index is 12.2. The van der Waals surface area contributed by atoms with Crippen LogP contribution in [-0.4, -0.2) is 27.5 Å². The van der Waals surface area contributed by atoms with Crippen LogP contribution in [0, 0.1) is 34.5 Å². The summed E-state index contributed by atoms with van der Waals surface area (Å²) in [5.74, 6) is 1.38. The van der Waals surface area contributed by atoms with Crippen LogP contribution in [0.3, 0.4) is 0 Å². The molecule has 156 valence electrons. The monoisotopic (exact) mass is 410 g/mol. The molecule has 4 aliphatic carbocycles. The summed E-state index contributed by atoms with van der Waals surface area (Å²) in [7, 11) is -4.70. The Kier molecular flexibility index (Phi) is 4.82. The molecule has 1 unspecified atom stereocenters. The fourth-order valence-corrected chi connectivity index (χ4v) is 8.19. The van der Waals surface area contributed by atoms with E-state index >= 15 is 0 Å². The Morgan fingerprint density at radius 2 is 1.89 bits per heavy atom. The molecule has 0 radical (unpaired) electrons. The average Bonchev–Trinajstić information content (AvgIpc) is 2.92. The topological polar surface area (TPSA) is 101 Å². The number of carbonyl (C=O) groups is 2. The second-order valence-corrected chi connectivity index (χ2v) is 11.1. The van der Waals surface area contributed by atoms with Crippen molar-refractivity contribution in [3.8, 4) is 0 Å². The van der Waals surface area contributed by atoms with E-state index in [0.717, 1.165) is 44.1 Å². The van der Waals surface area contributed by atoms with Gasteiger partial charge in [0, 0.05) is 17.8 Å². The van der Waals surface area contributed by atoms with Crippen LogP contribution in [0.4, 0.5) is 0 Å². The van der Waals surface area contributed by atoms with Crippen molar-refractivity contribution in [1.29, 1.82) is 0 Å². The molecule has 0 aromatic heterocycles. The lowest BCUT2D eigenvalue weighted by molar-refractivity contribution is -0.133. The molecule has 4 rings (SSSR count). The van der Waals surface area contributed by atoms with Crippen LogP contribution in [0.1, 0.15) is 65.7 Å². The van der Waals surface area contributed by atoms with Crippen molar-refractivity contribution in [3.05, 3.63) is 11.6 Å². The summed E-state index contributed by atoms with van der Waals surface area (Å²) in [6.45, 7) is 6.03. The van der Waals surface area contributed by atoms with Gasteiger partial charge in [-0.3, -0.25) is 14.1 Å². The molecule has 0 aromatic carbocycles. The highest BCUT2D eigenvalue weighted by atomic mass is 31.2. The van der Waals surface area contributed by atoms with E-state index in [1.807, 2.05) is 6.92 Å². The van der Waals surface area contributed by atoms with Crippen LogP contribution in [-0.2, 0) is 18.7 Å². The van der Waals surface area contributed by atoms with Crippen LogP contribution in [0.15, 0.2) is 11.6 Å². The van der Waals surface area contributed by atoms with Crippen LogP contribution >= 0.6 is 7.82 Å². The van der Waals surface area contributed by atoms with Crippen molar-refractivity contribution in [3.63, 3.8) is 0 Å². The predicted octanol–water partition coefficient (Wildman–Crippen LogP) is 3.81. The SMILES string of the molecule is CC(=O)[C@H]1CC[C@H]2[C@@H]3CCC4=CC(=O)CC(OP(=O)(O)O)[C@]4(C)[C@H]3CC[C@]12C. The molecule has 28 heavy (non-hydrogen) atoms. The molecule has 7 heteroatoms. The Hall–Kier alpha value is -0.810. The van der Waals surface area contributed by atoms with E-state index in [2.05, 4.69) is 6.92 Å². The van der Waals surface area contributed by atoms with E-state index in [1.165, 1.54) is 0 Å². The predicted molar refractivity (Wildman–Crippen MR) is 103 cm³/mol. The molecular weight excluding hydrogens is 379 g/mol. The fourth-order valence-electron chi connectivity index (χ4n) is 7.57. The minimum Gasteiger partial charge on any atom is -0.303 e. The number of carbonyl (C=O) groups excluding carboxylic acids is 2. The zero-order valence-electron chi connectivity index (χ0n) is 16.9. The van der Waals surface area contributed by atoms with Crippen molar-refractivity contribution >= 4 is 19.4 Å². The van der Waals surface area contributed by atoms with Crippen molar-refractivity contribution in [2.24, 2.45) is 34.5 Å². The van der Waals surface area contributed by atoms with Gasteiger partial charge in [-0.1, -0.05) is 19.4 Å². The first kappa shape index (κ1) is 20.5. The molecule has 6 nitrogen and oxygen atoms in total. The number of Topliss-reactive ketones (excluding diaryl/α,β-unsaturated/α-hetero) is 1. The van der Waals surface area contributed by atoms with E-state index in [0.29, 0.717) is 11.8 Å². The van der Waals surface area contributed by atoms with Gasteiger partial charge in [-0.05, 0) is 74.7 Å². The zero-order chi connectivity index (χ0) is 20.5. The van der Waals surface area contributed by atoms with Gasteiger partial charge in [0.2, 0.25) is 0 Å². The smallest absolute Gasteiger partial charge is 0.303 e. The Morgan fingerprint density at radius 1 is 1.18 bits per heavy atom. The third-order valence-electron chi connectivity index (χ3n) is 8.79. The highest BCUT2D eigenvalue weighted by Crippen LogP contribution is 2.67. The van der Waals surface area contributed by atoms with E-state index < -0.39 is 19.3 Å². The highest BCUT2D eigenvalue weighted by Gasteiger charge is 2.62. The van der Waals surface area contributed by atoms with Gasteiger partial charge in [-0.25, -0.2) is 4.57 Å². The second kappa shape index (κ2) is 6.60. The van der Waals surface area contributed by atoms with Gasteiger partial charge < -0.3 is 9.79 Å². The summed E-state index contributed by atoms with van der Waals surface area (Å²) in [6.07, 6.45) is 6.52. The van der Waals surface area contributed by atoms with Crippen molar-refractivity contribution < 1.29 is 28.5 Å². The molecule has 0 amide bonds. The van der Waals surface area contributed by atoms with Gasteiger partial charge in [0.05, 0.1) is 6.10 Å². The quantitative estimate of drug-likeness (QED) is 0.686. The fraction of sp³-hybridized carbons (Fsp3) is 0.810. The first-order valence-electron chi connectivity index (χ1n) is 10.4. The molecule has 2 N–H and O–H groups in total. The Labute approximate surface area is 166 Å². The minimum absolute atomic E-state index is 0.0202. The number of hydrogen-bond acceptors (Lipinski definition) is 4. The molecular formula is C21H31O6P. The third-order valence-corrected chi connectivity index (χ3v) is 9.32. The molecule has 0 aromatic rings. The number of phosphoric ester groups is 1. The Bertz CT molecular complexity index is 784. The first-order valence-corrected chi connectivity index (χ1v) is 12.0. The molecule has 3 saturated carbocycles. The van der Waals surface area contributed by atoms with Crippen molar-refractivity contribution in [1.82, 2.24) is 0 Å². The summed E-state index contributed by atoms with van der Waals surface area (Å²) < 4.78 is 16.9. The van der Waals surface area contributed by atoms with Gasteiger partial charge in [0.15, 0.2) is 5.78 Å². The highest BCUT2D eigenvalue weighted by molar-refractivity contribution is 7.46. The second-order valence-electron chi connectivity index (χ2n) is 9.91. The van der Waals surface area contributed by atoms with Gasteiger partial charge >= 0.3 is 7.82 Å². The van der Waals surface area contributed by atoms with E-state index in [-0.39, 0.29) is 35.2 Å². The largest absolute Gasteiger partial charge is 0.469 e. The van der Waals surface area contributed by atoms with Crippen LogP contribution in [0.25, 0.3) is 0 Å². The first-order chi connectivity index (χ1) is 13.0. The molecule has 0 bridgehead atoms. The number of rotatable bonds is 3. The molecule has 3 fully saturated rings. The van der Waals surface area contributed by atoms with E-state index in [4.69, 9.17) is 4.52 Å². The molecule has 4 aliphatic rings. The lowest BCUT2D eigenvalue weighted by atomic mass is 9.46. The molecule has 0 aliphatic heterocycles. The molecule has 0 saturated heterocycles. The van der Waals surface area contributed by atoms with Crippen molar-refractivity contribution in [2.75, 3.05) is 0 Å². The van der Waals surface area contributed by atoms with Gasteiger partial charge in [0.25, 0.3) is 0 Å². The number of hydrogen-bond donors (Lipinski definition) is 2. The number of phosphoric acid groups is 1. The summed E-state index contributed by atoms with van der Waals surface area (Å²) in [6, 6.07) is 0. The van der Waals surface area contributed by atoms with Gasteiger partial charge in [0.1, 0.15) is 5.78 Å². The molecule has 0 spiro atoms. The van der Waals surface area contributed by atoms with Crippen LogP contribution < -0.4 is 0 Å². The summed E-state index contributed by atoms with van der Waals surface area (Å²) in [4.78, 5) is 43.4. The Morgan fingerprint density at radius 3 is 2.54 bits per heavy atom. The van der Waals surface area contributed by atoms with Gasteiger partial charge in [-0.2, -0.15) is 0 Å². The van der Waals surface area contributed by atoms with E-state index in [1.54, 1.807) is 13.0 Å². The van der Waals surface area contributed by atoms with Gasteiger partial charge in [-0.15, -0.1) is 0 Å². The van der Waals surface area contributed by atoms with Crippen LogP contribution in [0.5, 0.6) is 0 Å².